The van der Waals surface area contributed by atoms with Gasteiger partial charge in [-0.3, -0.25) is 0 Å². The second-order valence-corrected chi connectivity index (χ2v) is 5.70. The number of hydrogen-bond acceptors (Lipinski definition) is 1. The van der Waals surface area contributed by atoms with Gasteiger partial charge < -0.3 is 5.73 Å². The molecule has 0 aromatic heterocycles. The molecule has 1 nitrogen and oxygen atoms in total. The molecular weight excluding hydrogens is 242 g/mol. The monoisotopic (exact) mass is 259 g/mol. The van der Waals surface area contributed by atoms with Gasteiger partial charge in [0.25, 0.3) is 0 Å². The molecule has 3 aromatic carbocycles. The zero-order chi connectivity index (χ0) is 13.7. The van der Waals surface area contributed by atoms with Crippen molar-refractivity contribution in [3.8, 4) is 11.1 Å². The Hall–Kier alpha value is -2.28. The molecular formula is C19H17N. The van der Waals surface area contributed by atoms with Gasteiger partial charge in [0, 0.05) is 11.3 Å². The maximum Gasteiger partial charge on any atom is 0.0394 e. The number of benzene rings is 3. The highest BCUT2D eigenvalue weighted by molar-refractivity contribution is 6.03. The molecule has 0 spiro atoms. The van der Waals surface area contributed by atoms with Gasteiger partial charge in [-0.1, -0.05) is 42.0 Å². The number of hydrogen-bond donors (Lipinski definition) is 1. The van der Waals surface area contributed by atoms with Crippen molar-refractivity contribution in [2.24, 2.45) is 0 Å². The third-order valence-electron chi connectivity index (χ3n) is 4.38. The molecule has 1 heteroatoms. The number of nitrogens with two attached hydrogens (primary N) is 1. The molecule has 2 N–H and O–H groups in total. The Bertz CT molecular complexity index is 820. The maximum absolute atomic E-state index is 6.20. The van der Waals surface area contributed by atoms with E-state index in [4.69, 9.17) is 5.73 Å². The van der Waals surface area contributed by atoms with Crippen LogP contribution in [0.1, 0.15) is 16.7 Å². The molecule has 0 atom stereocenters. The first-order chi connectivity index (χ1) is 9.74. The third-order valence-corrected chi connectivity index (χ3v) is 4.38. The topological polar surface area (TPSA) is 26.0 Å². The molecule has 4 rings (SSSR count). The fourth-order valence-electron chi connectivity index (χ4n) is 3.39. The van der Waals surface area contributed by atoms with Crippen molar-refractivity contribution >= 4 is 16.5 Å². The van der Waals surface area contributed by atoms with E-state index < -0.39 is 0 Å². The van der Waals surface area contributed by atoms with E-state index in [9.17, 15) is 0 Å². The van der Waals surface area contributed by atoms with Crippen molar-refractivity contribution in [2.75, 3.05) is 5.73 Å². The van der Waals surface area contributed by atoms with Crippen molar-refractivity contribution in [3.05, 3.63) is 65.2 Å². The maximum atomic E-state index is 6.20. The first-order valence-corrected chi connectivity index (χ1v) is 7.14. The molecule has 20 heavy (non-hydrogen) atoms. The molecule has 98 valence electrons. The van der Waals surface area contributed by atoms with Crippen LogP contribution in [0.15, 0.2) is 48.5 Å². The summed E-state index contributed by atoms with van der Waals surface area (Å²) >= 11 is 0. The van der Waals surface area contributed by atoms with E-state index in [1.807, 2.05) is 6.07 Å². The summed E-state index contributed by atoms with van der Waals surface area (Å²) in [5.74, 6) is 0. The molecule has 0 saturated heterocycles. The van der Waals surface area contributed by atoms with Crippen LogP contribution in [-0.4, -0.2) is 0 Å². The average molecular weight is 259 g/mol. The standard InChI is InChI=1S/C19H17N/c1-12-5-10-18(20)17(11-12)15-9-8-14-7-6-13-3-2-4-16(15)19(13)14/h2-5,8-11H,6-7,20H2,1H3. The van der Waals surface area contributed by atoms with Crippen LogP contribution in [0.25, 0.3) is 21.9 Å². The summed E-state index contributed by atoms with van der Waals surface area (Å²) in [6, 6.07) is 17.4. The van der Waals surface area contributed by atoms with Crippen LogP contribution in [0.5, 0.6) is 0 Å². The van der Waals surface area contributed by atoms with E-state index in [2.05, 4.69) is 49.4 Å². The minimum atomic E-state index is 0.856. The lowest BCUT2D eigenvalue weighted by Crippen LogP contribution is -1.92. The molecule has 0 heterocycles. The molecule has 0 fully saturated rings. The Morgan fingerprint density at radius 2 is 1.65 bits per heavy atom. The molecule has 0 saturated carbocycles. The van der Waals surface area contributed by atoms with Gasteiger partial charge >= 0.3 is 0 Å². The Labute approximate surface area is 119 Å². The largest absolute Gasteiger partial charge is 0.398 e. The van der Waals surface area contributed by atoms with E-state index in [0.717, 1.165) is 11.3 Å². The summed E-state index contributed by atoms with van der Waals surface area (Å²) in [4.78, 5) is 0. The number of anilines is 1. The highest BCUT2D eigenvalue weighted by atomic mass is 14.6. The molecule has 0 bridgehead atoms. The minimum absolute atomic E-state index is 0.856. The highest BCUT2D eigenvalue weighted by Crippen LogP contribution is 2.38. The van der Waals surface area contributed by atoms with E-state index in [1.165, 1.54) is 45.9 Å². The molecule has 1 aliphatic carbocycles. The quantitative estimate of drug-likeness (QED) is 0.640. The van der Waals surface area contributed by atoms with Crippen LogP contribution in [0.3, 0.4) is 0 Å². The predicted octanol–water partition coefficient (Wildman–Crippen LogP) is 4.50. The van der Waals surface area contributed by atoms with Gasteiger partial charge in [0.15, 0.2) is 0 Å². The summed E-state index contributed by atoms with van der Waals surface area (Å²) < 4.78 is 0. The van der Waals surface area contributed by atoms with Crippen molar-refractivity contribution in [2.45, 2.75) is 19.8 Å². The SMILES string of the molecule is Cc1ccc(N)c(-c2ccc3c4c(cccc24)CC3)c1. The van der Waals surface area contributed by atoms with Gasteiger partial charge in [0.2, 0.25) is 0 Å². The number of nitrogen functional groups attached to an aromatic ring is 1. The van der Waals surface area contributed by atoms with Crippen LogP contribution < -0.4 is 5.73 Å². The zero-order valence-electron chi connectivity index (χ0n) is 11.6. The summed E-state index contributed by atoms with van der Waals surface area (Å²) in [7, 11) is 0. The Balaban J connectivity index is 2.09. The third kappa shape index (κ3) is 1.56. The van der Waals surface area contributed by atoms with Crippen LogP contribution in [0.2, 0.25) is 0 Å². The second-order valence-electron chi connectivity index (χ2n) is 5.70. The lowest BCUT2D eigenvalue weighted by Gasteiger charge is -2.12. The summed E-state index contributed by atoms with van der Waals surface area (Å²) in [5.41, 5.74) is 13.7. The van der Waals surface area contributed by atoms with Crippen LogP contribution >= 0.6 is 0 Å². The highest BCUT2D eigenvalue weighted by Gasteiger charge is 2.17. The smallest absolute Gasteiger partial charge is 0.0394 e. The van der Waals surface area contributed by atoms with Gasteiger partial charge in [-0.05, 0) is 59.4 Å². The number of rotatable bonds is 1. The molecule has 1 aliphatic rings. The van der Waals surface area contributed by atoms with E-state index >= 15 is 0 Å². The lowest BCUT2D eigenvalue weighted by molar-refractivity contribution is 1.02. The molecule has 3 aromatic rings. The van der Waals surface area contributed by atoms with Crippen molar-refractivity contribution in [3.63, 3.8) is 0 Å². The summed E-state index contributed by atoms with van der Waals surface area (Å²) in [5, 5.41) is 2.79. The first-order valence-electron chi connectivity index (χ1n) is 7.14. The van der Waals surface area contributed by atoms with Gasteiger partial charge in [0.05, 0.1) is 0 Å². The predicted molar refractivity (Wildman–Crippen MR) is 85.9 cm³/mol. The van der Waals surface area contributed by atoms with Gasteiger partial charge in [-0.2, -0.15) is 0 Å². The van der Waals surface area contributed by atoms with Crippen molar-refractivity contribution < 1.29 is 0 Å². The Kier molecular flexibility index (Phi) is 2.37. The molecule has 0 radical (unpaired) electrons. The molecule has 0 aliphatic heterocycles. The first kappa shape index (κ1) is 11.5. The van der Waals surface area contributed by atoms with E-state index in [1.54, 1.807) is 0 Å². The molecule has 0 amide bonds. The normalized spacial score (nSPS) is 13.1. The van der Waals surface area contributed by atoms with Crippen LogP contribution in [-0.2, 0) is 12.8 Å². The minimum Gasteiger partial charge on any atom is -0.398 e. The molecule has 0 unspecified atom stereocenters. The Morgan fingerprint density at radius 1 is 0.850 bits per heavy atom. The summed E-state index contributed by atoms with van der Waals surface area (Å²) in [6.07, 6.45) is 2.33. The Morgan fingerprint density at radius 3 is 2.50 bits per heavy atom. The second kappa shape index (κ2) is 4.11. The average Bonchev–Trinajstić information content (AvgIpc) is 2.88. The summed E-state index contributed by atoms with van der Waals surface area (Å²) in [6.45, 7) is 2.11. The fourth-order valence-corrected chi connectivity index (χ4v) is 3.39. The van der Waals surface area contributed by atoms with Gasteiger partial charge in [0.1, 0.15) is 0 Å². The fraction of sp³-hybridized carbons (Fsp3) is 0.158. The van der Waals surface area contributed by atoms with Crippen molar-refractivity contribution in [1.29, 1.82) is 0 Å². The van der Waals surface area contributed by atoms with E-state index in [0.29, 0.717) is 0 Å². The number of aryl methyl sites for hydroxylation is 3. The van der Waals surface area contributed by atoms with Crippen LogP contribution in [0, 0.1) is 6.92 Å². The zero-order valence-corrected chi connectivity index (χ0v) is 11.6. The van der Waals surface area contributed by atoms with Crippen molar-refractivity contribution in [1.82, 2.24) is 0 Å². The van der Waals surface area contributed by atoms with Crippen LogP contribution in [0.4, 0.5) is 5.69 Å². The lowest BCUT2D eigenvalue weighted by atomic mass is 9.93. The van der Waals surface area contributed by atoms with Gasteiger partial charge in [-0.15, -0.1) is 0 Å². The van der Waals surface area contributed by atoms with E-state index in [-0.39, 0.29) is 0 Å². The van der Waals surface area contributed by atoms with Gasteiger partial charge in [-0.25, -0.2) is 0 Å².